The predicted molar refractivity (Wildman–Crippen MR) is 94.1 cm³/mol. The van der Waals surface area contributed by atoms with E-state index in [4.69, 9.17) is 0 Å². The Labute approximate surface area is 153 Å². The molecule has 138 valence electrons. The number of aromatic nitrogens is 2. The number of rotatable bonds is 6. The number of benzene rings is 2. The average molecular weight is 372 g/mol. The van der Waals surface area contributed by atoms with E-state index < -0.39 is 17.5 Å². The smallest absolute Gasteiger partial charge is 0.271 e. The minimum absolute atomic E-state index is 0.0306. The van der Waals surface area contributed by atoms with Gasteiger partial charge in [0.15, 0.2) is 0 Å². The van der Waals surface area contributed by atoms with E-state index in [1.165, 1.54) is 24.5 Å². The van der Waals surface area contributed by atoms with Crippen molar-refractivity contribution in [3.8, 4) is 0 Å². The zero-order valence-electron chi connectivity index (χ0n) is 14.0. The van der Waals surface area contributed by atoms with Crippen molar-refractivity contribution in [1.82, 2.24) is 15.3 Å². The summed E-state index contributed by atoms with van der Waals surface area (Å²) in [4.78, 5) is 19.9. The molecular weight excluding hydrogens is 357 g/mol. The SMILES string of the molecule is O=C(NCCc1ccccc1F)c1cnc(Nc2c(F)cccc2F)cn1. The quantitative estimate of drug-likeness (QED) is 0.694. The van der Waals surface area contributed by atoms with Crippen molar-refractivity contribution in [2.75, 3.05) is 11.9 Å². The average Bonchev–Trinajstić information content (AvgIpc) is 2.67. The Hall–Kier alpha value is -3.42. The summed E-state index contributed by atoms with van der Waals surface area (Å²) in [6.07, 6.45) is 2.70. The van der Waals surface area contributed by atoms with Crippen molar-refractivity contribution in [1.29, 1.82) is 0 Å². The Morgan fingerprint density at radius 3 is 2.26 bits per heavy atom. The lowest BCUT2D eigenvalue weighted by Crippen LogP contribution is -2.26. The van der Waals surface area contributed by atoms with Crippen LogP contribution < -0.4 is 10.6 Å². The van der Waals surface area contributed by atoms with E-state index in [-0.39, 0.29) is 29.6 Å². The fourth-order valence-electron chi connectivity index (χ4n) is 2.36. The van der Waals surface area contributed by atoms with Crippen LogP contribution in [-0.4, -0.2) is 22.4 Å². The van der Waals surface area contributed by atoms with Crippen LogP contribution in [0.15, 0.2) is 54.9 Å². The van der Waals surface area contributed by atoms with Crippen LogP contribution in [0.3, 0.4) is 0 Å². The van der Waals surface area contributed by atoms with Gasteiger partial charge in [0.25, 0.3) is 5.91 Å². The minimum atomic E-state index is -0.772. The molecule has 8 heteroatoms. The zero-order chi connectivity index (χ0) is 19.2. The number of carbonyl (C=O) groups is 1. The summed E-state index contributed by atoms with van der Waals surface area (Å²) in [5, 5.41) is 5.09. The molecule has 0 unspecified atom stereocenters. The van der Waals surface area contributed by atoms with Crippen molar-refractivity contribution >= 4 is 17.4 Å². The van der Waals surface area contributed by atoms with E-state index in [9.17, 15) is 18.0 Å². The highest BCUT2D eigenvalue weighted by molar-refractivity contribution is 5.92. The number of amides is 1. The summed E-state index contributed by atoms with van der Waals surface area (Å²) in [7, 11) is 0. The van der Waals surface area contributed by atoms with Gasteiger partial charge in [-0.3, -0.25) is 4.79 Å². The molecule has 0 atom stereocenters. The summed E-state index contributed by atoms with van der Waals surface area (Å²) in [6.45, 7) is 0.224. The molecule has 2 aromatic carbocycles. The molecule has 0 aliphatic rings. The van der Waals surface area contributed by atoms with Crippen molar-refractivity contribution in [3.63, 3.8) is 0 Å². The van der Waals surface area contributed by atoms with Crippen molar-refractivity contribution in [2.24, 2.45) is 0 Å². The third-order valence-electron chi connectivity index (χ3n) is 3.74. The summed E-state index contributed by atoms with van der Waals surface area (Å²) < 4.78 is 40.7. The lowest BCUT2D eigenvalue weighted by molar-refractivity contribution is 0.0948. The van der Waals surface area contributed by atoms with Crippen molar-refractivity contribution in [2.45, 2.75) is 6.42 Å². The van der Waals surface area contributed by atoms with Gasteiger partial charge in [-0.15, -0.1) is 0 Å². The van der Waals surface area contributed by atoms with Gasteiger partial charge in [0.1, 0.15) is 34.7 Å². The second-order valence-corrected chi connectivity index (χ2v) is 5.61. The molecular formula is C19H15F3N4O. The van der Waals surface area contributed by atoms with Gasteiger partial charge in [0.2, 0.25) is 0 Å². The van der Waals surface area contributed by atoms with Crippen LogP contribution in [0.1, 0.15) is 16.1 Å². The lowest BCUT2D eigenvalue weighted by atomic mass is 10.1. The van der Waals surface area contributed by atoms with E-state index in [1.807, 2.05) is 0 Å². The number of carbonyl (C=O) groups excluding carboxylic acids is 1. The molecule has 0 aliphatic heterocycles. The highest BCUT2D eigenvalue weighted by Gasteiger charge is 2.11. The van der Waals surface area contributed by atoms with Gasteiger partial charge in [0, 0.05) is 6.54 Å². The molecule has 0 saturated heterocycles. The Bertz CT molecular complexity index is 928. The number of anilines is 2. The van der Waals surface area contributed by atoms with Gasteiger partial charge in [-0.2, -0.15) is 0 Å². The number of halogens is 3. The van der Waals surface area contributed by atoms with Gasteiger partial charge < -0.3 is 10.6 Å². The Morgan fingerprint density at radius 2 is 1.59 bits per heavy atom. The van der Waals surface area contributed by atoms with Crippen LogP contribution in [0.2, 0.25) is 0 Å². The third-order valence-corrected chi connectivity index (χ3v) is 3.74. The maximum absolute atomic E-state index is 13.6. The largest absolute Gasteiger partial charge is 0.350 e. The molecule has 3 rings (SSSR count). The maximum atomic E-state index is 13.6. The fourth-order valence-corrected chi connectivity index (χ4v) is 2.36. The van der Waals surface area contributed by atoms with Crippen LogP contribution >= 0.6 is 0 Å². The Morgan fingerprint density at radius 1 is 0.889 bits per heavy atom. The summed E-state index contributed by atoms with van der Waals surface area (Å²) >= 11 is 0. The minimum Gasteiger partial charge on any atom is -0.350 e. The first-order valence-corrected chi connectivity index (χ1v) is 8.09. The van der Waals surface area contributed by atoms with Crippen molar-refractivity contribution in [3.05, 3.63) is 83.6 Å². The van der Waals surface area contributed by atoms with Crippen LogP contribution in [0.25, 0.3) is 0 Å². The van der Waals surface area contributed by atoms with Gasteiger partial charge in [0.05, 0.1) is 12.4 Å². The highest BCUT2D eigenvalue weighted by Crippen LogP contribution is 2.21. The second-order valence-electron chi connectivity index (χ2n) is 5.61. The molecule has 1 amide bonds. The summed E-state index contributed by atoms with van der Waals surface area (Å²) in [5.74, 6) is -2.27. The van der Waals surface area contributed by atoms with Crippen LogP contribution in [0.4, 0.5) is 24.7 Å². The molecule has 0 saturated carbocycles. The third kappa shape index (κ3) is 4.60. The van der Waals surface area contributed by atoms with E-state index in [1.54, 1.807) is 18.2 Å². The molecule has 0 radical (unpaired) electrons. The van der Waals surface area contributed by atoms with E-state index in [0.29, 0.717) is 12.0 Å². The van der Waals surface area contributed by atoms with Gasteiger partial charge >= 0.3 is 0 Å². The number of para-hydroxylation sites is 1. The molecule has 1 aromatic heterocycles. The van der Waals surface area contributed by atoms with E-state index >= 15 is 0 Å². The number of hydrogen-bond donors (Lipinski definition) is 2. The first kappa shape index (κ1) is 18.4. The lowest BCUT2D eigenvalue weighted by Gasteiger charge is -2.08. The molecule has 0 aliphatic carbocycles. The van der Waals surface area contributed by atoms with Crippen LogP contribution in [0.5, 0.6) is 0 Å². The first-order valence-electron chi connectivity index (χ1n) is 8.09. The number of nitrogens with zero attached hydrogens (tertiary/aromatic N) is 2. The number of nitrogens with one attached hydrogen (secondary N) is 2. The molecule has 1 heterocycles. The molecule has 2 N–H and O–H groups in total. The van der Waals surface area contributed by atoms with Gasteiger partial charge in [-0.1, -0.05) is 24.3 Å². The topological polar surface area (TPSA) is 66.9 Å². The van der Waals surface area contributed by atoms with E-state index in [0.717, 1.165) is 12.1 Å². The fraction of sp³-hybridized carbons (Fsp3) is 0.105. The zero-order valence-corrected chi connectivity index (χ0v) is 14.0. The molecule has 5 nitrogen and oxygen atoms in total. The molecule has 0 fully saturated rings. The normalized spacial score (nSPS) is 10.5. The first-order chi connectivity index (χ1) is 13.0. The molecule has 3 aromatic rings. The monoisotopic (exact) mass is 372 g/mol. The number of hydrogen-bond acceptors (Lipinski definition) is 4. The summed E-state index contributed by atoms with van der Waals surface area (Å²) in [6, 6.07) is 9.77. The second kappa shape index (κ2) is 8.31. The standard InChI is InChI=1S/C19H15F3N4O/c20-13-5-2-1-4-12(13)8-9-23-19(27)16-10-25-17(11-24-16)26-18-14(21)6-3-7-15(18)22/h1-7,10-11H,8-9H2,(H,23,27)(H,25,26). The van der Waals surface area contributed by atoms with Crippen LogP contribution in [0, 0.1) is 17.5 Å². The summed E-state index contributed by atoms with van der Waals surface area (Å²) in [5.41, 5.74) is 0.173. The molecule has 0 spiro atoms. The van der Waals surface area contributed by atoms with Crippen molar-refractivity contribution < 1.29 is 18.0 Å². The van der Waals surface area contributed by atoms with Crippen LogP contribution in [-0.2, 0) is 6.42 Å². The Balaban J connectivity index is 1.58. The predicted octanol–water partition coefficient (Wildman–Crippen LogP) is 3.61. The van der Waals surface area contributed by atoms with Gasteiger partial charge in [-0.25, -0.2) is 23.1 Å². The maximum Gasteiger partial charge on any atom is 0.271 e. The van der Waals surface area contributed by atoms with E-state index in [2.05, 4.69) is 20.6 Å². The molecule has 27 heavy (non-hydrogen) atoms. The molecule has 0 bridgehead atoms. The Kier molecular flexibility index (Phi) is 5.65. The highest BCUT2D eigenvalue weighted by atomic mass is 19.1. The van der Waals surface area contributed by atoms with Gasteiger partial charge in [-0.05, 0) is 30.2 Å².